The van der Waals surface area contributed by atoms with Gasteiger partial charge in [-0.15, -0.1) is 0 Å². The van der Waals surface area contributed by atoms with Crippen LogP contribution in [0.3, 0.4) is 0 Å². The Morgan fingerprint density at radius 2 is 1.84 bits per heavy atom. The van der Waals surface area contributed by atoms with E-state index in [9.17, 15) is 0 Å². The van der Waals surface area contributed by atoms with E-state index in [1.54, 1.807) is 6.33 Å². The van der Waals surface area contributed by atoms with Crippen molar-refractivity contribution in [2.75, 3.05) is 24.3 Å². The standard InChI is InChI=1S/C13H14N6/c1-19(2)10-5-3-9(4-6-10)18-13-11-12(15-7-14-11)16-8-17-13/h3-8H,1-2H3,(H2,14,15,16,17,18). The molecule has 3 aromatic rings. The van der Waals surface area contributed by atoms with Crippen molar-refractivity contribution in [3.63, 3.8) is 0 Å². The number of H-pyrrole nitrogens is 1. The van der Waals surface area contributed by atoms with E-state index in [1.165, 1.54) is 6.33 Å². The van der Waals surface area contributed by atoms with E-state index in [0.29, 0.717) is 5.65 Å². The van der Waals surface area contributed by atoms with Crippen LogP contribution in [0.4, 0.5) is 17.2 Å². The minimum Gasteiger partial charge on any atom is -0.378 e. The topological polar surface area (TPSA) is 69.7 Å². The molecule has 0 atom stereocenters. The van der Waals surface area contributed by atoms with Gasteiger partial charge in [0.1, 0.15) is 11.8 Å². The van der Waals surface area contributed by atoms with Gasteiger partial charge < -0.3 is 15.2 Å². The largest absolute Gasteiger partial charge is 0.378 e. The summed E-state index contributed by atoms with van der Waals surface area (Å²) in [5.74, 6) is 0.722. The number of hydrogen-bond acceptors (Lipinski definition) is 5. The van der Waals surface area contributed by atoms with Crippen LogP contribution in [-0.2, 0) is 0 Å². The third kappa shape index (κ3) is 2.20. The van der Waals surface area contributed by atoms with Gasteiger partial charge >= 0.3 is 0 Å². The monoisotopic (exact) mass is 254 g/mol. The predicted octanol–water partition coefficient (Wildman–Crippen LogP) is 2.16. The number of nitrogens with one attached hydrogen (secondary N) is 2. The quantitative estimate of drug-likeness (QED) is 0.749. The van der Waals surface area contributed by atoms with Crippen LogP contribution in [-0.4, -0.2) is 34.0 Å². The molecule has 0 spiro atoms. The van der Waals surface area contributed by atoms with E-state index >= 15 is 0 Å². The minimum absolute atomic E-state index is 0.655. The zero-order valence-electron chi connectivity index (χ0n) is 10.8. The molecule has 0 bridgehead atoms. The molecule has 3 rings (SSSR count). The van der Waals surface area contributed by atoms with Crippen LogP contribution in [0.15, 0.2) is 36.9 Å². The molecule has 6 nitrogen and oxygen atoms in total. The summed E-state index contributed by atoms with van der Waals surface area (Å²) in [7, 11) is 4.03. The van der Waals surface area contributed by atoms with Crippen molar-refractivity contribution >= 4 is 28.4 Å². The van der Waals surface area contributed by atoms with Gasteiger partial charge in [-0.2, -0.15) is 0 Å². The summed E-state index contributed by atoms with van der Waals surface area (Å²) in [6, 6.07) is 8.13. The Morgan fingerprint density at radius 3 is 2.58 bits per heavy atom. The molecule has 2 aromatic heterocycles. The van der Waals surface area contributed by atoms with Gasteiger partial charge in [0.2, 0.25) is 0 Å². The van der Waals surface area contributed by atoms with Crippen molar-refractivity contribution in [1.29, 1.82) is 0 Å². The van der Waals surface area contributed by atoms with E-state index in [4.69, 9.17) is 0 Å². The maximum Gasteiger partial charge on any atom is 0.182 e. The molecule has 2 N–H and O–H groups in total. The first-order chi connectivity index (χ1) is 9.24. The lowest BCUT2D eigenvalue weighted by Crippen LogP contribution is -2.08. The lowest BCUT2D eigenvalue weighted by Gasteiger charge is -2.13. The second-order valence-electron chi connectivity index (χ2n) is 4.39. The van der Waals surface area contributed by atoms with Crippen LogP contribution in [0.25, 0.3) is 11.2 Å². The molecule has 0 saturated carbocycles. The Morgan fingerprint density at radius 1 is 1.05 bits per heavy atom. The maximum atomic E-state index is 4.23. The van der Waals surface area contributed by atoms with Crippen LogP contribution in [0.1, 0.15) is 0 Å². The van der Waals surface area contributed by atoms with Gasteiger partial charge in [-0.1, -0.05) is 0 Å². The van der Waals surface area contributed by atoms with Gasteiger partial charge in [0.15, 0.2) is 11.5 Å². The molecule has 96 valence electrons. The molecule has 1 aromatic carbocycles. The van der Waals surface area contributed by atoms with Crippen LogP contribution in [0, 0.1) is 0 Å². The molecule has 0 amide bonds. The van der Waals surface area contributed by atoms with Crippen molar-refractivity contribution in [2.45, 2.75) is 0 Å². The summed E-state index contributed by atoms with van der Waals surface area (Å²) in [5.41, 5.74) is 3.58. The van der Waals surface area contributed by atoms with Gasteiger partial charge in [0.25, 0.3) is 0 Å². The summed E-state index contributed by atoms with van der Waals surface area (Å²) >= 11 is 0. The van der Waals surface area contributed by atoms with E-state index in [-0.39, 0.29) is 0 Å². The normalized spacial score (nSPS) is 10.6. The Balaban J connectivity index is 1.90. The SMILES string of the molecule is CN(C)c1ccc(Nc2ncnc3nc[nH]c23)cc1. The zero-order chi connectivity index (χ0) is 13.2. The van der Waals surface area contributed by atoms with Gasteiger partial charge in [0.05, 0.1) is 6.33 Å². The average molecular weight is 254 g/mol. The summed E-state index contributed by atoms with van der Waals surface area (Å²) in [4.78, 5) is 17.5. The van der Waals surface area contributed by atoms with E-state index in [1.807, 2.05) is 38.4 Å². The molecule has 0 aliphatic rings. The van der Waals surface area contributed by atoms with E-state index < -0.39 is 0 Å². The summed E-state index contributed by atoms with van der Waals surface area (Å²) in [5, 5.41) is 3.26. The van der Waals surface area contributed by atoms with E-state index in [0.717, 1.165) is 22.7 Å². The molecule has 0 unspecified atom stereocenters. The maximum absolute atomic E-state index is 4.23. The van der Waals surface area contributed by atoms with Crippen molar-refractivity contribution in [3.8, 4) is 0 Å². The number of benzene rings is 1. The number of rotatable bonds is 3. The molecule has 6 heteroatoms. The first-order valence-electron chi connectivity index (χ1n) is 5.92. The van der Waals surface area contributed by atoms with Crippen molar-refractivity contribution in [3.05, 3.63) is 36.9 Å². The molecule has 0 radical (unpaired) electrons. The van der Waals surface area contributed by atoms with Gasteiger partial charge in [0, 0.05) is 25.5 Å². The summed E-state index contributed by atoms with van der Waals surface area (Å²) < 4.78 is 0. The number of imidazole rings is 1. The molecular formula is C13H14N6. The summed E-state index contributed by atoms with van der Waals surface area (Å²) in [6.45, 7) is 0. The van der Waals surface area contributed by atoms with Crippen LogP contribution in [0.2, 0.25) is 0 Å². The molecule has 0 aliphatic heterocycles. The fourth-order valence-electron chi connectivity index (χ4n) is 1.84. The van der Waals surface area contributed by atoms with Gasteiger partial charge in [-0.3, -0.25) is 0 Å². The molecule has 0 saturated heterocycles. The first kappa shape index (κ1) is 11.5. The Labute approximate surface area is 110 Å². The third-order valence-corrected chi connectivity index (χ3v) is 2.87. The Kier molecular flexibility index (Phi) is 2.75. The smallest absolute Gasteiger partial charge is 0.182 e. The van der Waals surface area contributed by atoms with Crippen molar-refractivity contribution in [2.24, 2.45) is 0 Å². The van der Waals surface area contributed by atoms with Crippen molar-refractivity contribution in [1.82, 2.24) is 19.9 Å². The molecule has 2 heterocycles. The lowest BCUT2D eigenvalue weighted by molar-refractivity contribution is 1.13. The third-order valence-electron chi connectivity index (χ3n) is 2.87. The second-order valence-corrected chi connectivity index (χ2v) is 4.39. The number of nitrogens with zero attached hydrogens (tertiary/aromatic N) is 4. The highest BCUT2D eigenvalue weighted by atomic mass is 15.1. The minimum atomic E-state index is 0.655. The van der Waals surface area contributed by atoms with Crippen LogP contribution < -0.4 is 10.2 Å². The summed E-state index contributed by atoms with van der Waals surface area (Å²) in [6.07, 6.45) is 3.11. The van der Waals surface area contributed by atoms with Gasteiger partial charge in [-0.05, 0) is 24.3 Å². The van der Waals surface area contributed by atoms with Crippen LogP contribution >= 0.6 is 0 Å². The van der Waals surface area contributed by atoms with E-state index in [2.05, 4.69) is 30.2 Å². The number of anilines is 3. The number of aromatic amines is 1. The highest BCUT2D eigenvalue weighted by Gasteiger charge is 2.05. The fourth-order valence-corrected chi connectivity index (χ4v) is 1.84. The number of fused-ring (bicyclic) bond motifs is 1. The fraction of sp³-hybridized carbons (Fsp3) is 0.154. The second kappa shape index (κ2) is 4.56. The highest BCUT2D eigenvalue weighted by Crippen LogP contribution is 2.22. The Bertz CT molecular complexity index is 686. The Hall–Kier alpha value is -2.63. The molecule has 19 heavy (non-hydrogen) atoms. The van der Waals surface area contributed by atoms with Crippen LogP contribution in [0.5, 0.6) is 0 Å². The number of hydrogen-bond donors (Lipinski definition) is 2. The van der Waals surface area contributed by atoms with Crippen molar-refractivity contribution < 1.29 is 0 Å². The average Bonchev–Trinajstić information content (AvgIpc) is 2.89. The highest BCUT2D eigenvalue weighted by molar-refractivity contribution is 5.84. The molecule has 0 aliphatic carbocycles. The molecule has 0 fully saturated rings. The first-order valence-corrected chi connectivity index (χ1v) is 5.92. The van der Waals surface area contributed by atoms with Gasteiger partial charge in [-0.25, -0.2) is 15.0 Å². The lowest BCUT2D eigenvalue weighted by atomic mass is 10.2. The number of aromatic nitrogens is 4. The zero-order valence-corrected chi connectivity index (χ0v) is 10.8. The molecular weight excluding hydrogens is 240 g/mol. The predicted molar refractivity (Wildman–Crippen MR) is 75.7 cm³/mol.